The summed E-state index contributed by atoms with van der Waals surface area (Å²) in [6.45, 7) is 5.10. The first-order chi connectivity index (χ1) is 12.0. The molecule has 1 amide bonds. The van der Waals surface area contributed by atoms with Gasteiger partial charge in [0, 0.05) is 18.4 Å². The van der Waals surface area contributed by atoms with Crippen molar-refractivity contribution in [1.82, 2.24) is 15.5 Å². The molecular weight excluding hydrogens is 324 g/mol. The lowest BCUT2D eigenvalue weighted by Gasteiger charge is -2.32. The van der Waals surface area contributed by atoms with E-state index in [1.807, 2.05) is 13.8 Å². The zero-order valence-corrected chi connectivity index (χ0v) is 14.3. The summed E-state index contributed by atoms with van der Waals surface area (Å²) in [5.74, 6) is 0.913. The summed E-state index contributed by atoms with van der Waals surface area (Å²) < 4.78 is 16.6. The lowest BCUT2D eigenvalue weighted by molar-refractivity contribution is -0.0739. The van der Waals surface area contributed by atoms with E-state index in [0.29, 0.717) is 37.6 Å². The van der Waals surface area contributed by atoms with Crippen molar-refractivity contribution in [3.05, 3.63) is 40.9 Å². The summed E-state index contributed by atoms with van der Waals surface area (Å²) in [6, 6.07) is 3.11. The molecule has 134 valence electrons. The lowest BCUT2D eigenvalue weighted by atomic mass is 10.1. The molecule has 1 aliphatic heterocycles. The summed E-state index contributed by atoms with van der Waals surface area (Å²) in [5, 5.41) is 6.92. The molecule has 0 aromatic carbocycles. The highest BCUT2D eigenvalue weighted by atomic mass is 16.5. The van der Waals surface area contributed by atoms with Gasteiger partial charge in [0.2, 0.25) is 0 Å². The monoisotopic (exact) mass is 346 g/mol. The smallest absolute Gasteiger partial charge is 0.253 e. The number of carbonyl (C=O) groups excluding carboxylic acids is 1. The third-order valence-electron chi connectivity index (χ3n) is 4.29. The minimum Gasteiger partial charge on any atom is -0.384 e. The number of nitrogen functional groups attached to an aromatic ring is 1. The number of rotatable bonds is 5. The molecule has 1 aliphatic rings. The van der Waals surface area contributed by atoms with Crippen molar-refractivity contribution in [2.45, 2.75) is 39.0 Å². The molecule has 0 bridgehead atoms. The molecule has 8 nitrogen and oxygen atoms in total. The van der Waals surface area contributed by atoms with Crippen LogP contribution in [0, 0.1) is 13.8 Å². The van der Waals surface area contributed by atoms with Crippen LogP contribution < -0.4 is 11.1 Å². The van der Waals surface area contributed by atoms with Crippen molar-refractivity contribution >= 4 is 11.7 Å². The van der Waals surface area contributed by atoms with Gasteiger partial charge in [-0.3, -0.25) is 4.79 Å². The molecule has 1 saturated heterocycles. The van der Waals surface area contributed by atoms with E-state index >= 15 is 0 Å². The quantitative estimate of drug-likeness (QED) is 0.841. The fourth-order valence-electron chi connectivity index (χ4n) is 2.73. The third kappa shape index (κ3) is 4.15. The van der Waals surface area contributed by atoms with Gasteiger partial charge in [0.25, 0.3) is 5.91 Å². The van der Waals surface area contributed by atoms with E-state index in [-0.39, 0.29) is 18.1 Å². The number of amides is 1. The summed E-state index contributed by atoms with van der Waals surface area (Å²) in [5.41, 5.74) is 7.75. The average Bonchev–Trinajstić information content (AvgIpc) is 2.93. The van der Waals surface area contributed by atoms with Gasteiger partial charge in [0.1, 0.15) is 17.7 Å². The first kappa shape index (κ1) is 17.4. The predicted octanol–water partition coefficient (Wildman–Crippen LogP) is 1.37. The maximum Gasteiger partial charge on any atom is 0.253 e. The number of carbonyl (C=O) groups is 1. The molecule has 3 heterocycles. The van der Waals surface area contributed by atoms with E-state index in [0.717, 1.165) is 17.0 Å². The Balaban J connectivity index is 1.62. The van der Waals surface area contributed by atoms with Crippen molar-refractivity contribution in [1.29, 1.82) is 0 Å². The highest BCUT2D eigenvalue weighted by Crippen LogP contribution is 2.18. The first-order valence-corrected chi connectivity index (χ1v) is 8.18. The van der Waals surface area contributed by atoms with Gasteiger partial charge in [-0.1, -0.05) is 5.16 Å². The fourth-order valence-corrected chi connectivity index (χ4v) is 2.73. The number of pyridine rings is 1. The van der Waals surface area contributed by atoms with Crippen molar-refractivity contribution in [3.8, 4) is 0 Å². The number of nitrogens with zero attached hydrogens (tertiary/aromatic N) is 2. The Morgan fingerprint density at radius 1 is 1.44 bits per heavy atom. The number of hydrogen-bond donors (Lipinski definition) is 2. The van der Waals surface area contributed by atoms with Crippen molar-refractivity contribution in [2.24, 2.45) is 0 Å². The first-order valence-electron chi connectivity index (χ1n) is 8.18. The standard InChI is InChI=1S/C17H22N4O4/c1-10-13(11(2)25-21-10)8-24-15-9-23-6-5-14(15)20-17(22)12-3-4-16(18)19-7-12/h3-4,7,14-15H,5-6,8-9H2,1-2H3,(H2,18,19)(H,20,22)/t14-,15-/m1/s1. The Hall–Kier alpha value is -2.45. The van der Waals surface area contributed by atoms with Crippen LogP contribution in [0.25, 0.3) is 0 Å². The Morgan fingerprint density at radius 2 is 2.28 bits per heavy atom. The molecule has 3 N–H and O–H groups in total. The molecule has 2 atom stereocenters. The maximum absolute atomic E-state index is 12.4. The number of aromatic nitrogens is 2. The number of nitrogens with two attached hydrogens (primary N) is 1. The number of aryl methyl sites for hydroxylation is 2. The van der Waals surface area contributed by atoms with E-state index in [2.05, 4.69) is 15.5 Å². The molecule has 0 radical (unpaired) electrons. The second kappa shape index (κ2) is 7.62. The van der Waals surface area contributed by atoms with Gasteiger partial charge in [-0.15, -0.1) is 0 Å². The van der Waals surface area contributed by atoms with Gasteiger partial charge in [0.15, 0.2) is 0 Å². The van der Waals surface area contributed by atoms with Gasteiger partial charge in [0.05, 0.1) is 30.5 Å². The van der Waals surface area contributed by atoms with Crippen LogP contribution in [0.15, 0.2) is 22.9 Å². The van der Waals surface area contributed by atoms with Crippen LogP contribution in [0.5, 0.6) is 0 Å². The molecule has 2 aromatic heterocycles. The van der Waals surface area contributed by atoms with Crippen LogP contribution in [0.4, 0.5) is 5.82 Å². The van der Waals surface area contributed by atoms with Gasteiger partial charge in [-0.2, -0.15) is 0 Å². The van der Waals surface area contributed by atoms with E-state index < -0.39 is 0 Å². The highest BCUT2D eigenvalue weighted by molar-refractivity contribution is 5.94. The van der Waals surface area contributed by atoms with Crippen LogP contribution in [0.2, 0.25) is 0 Å². The second-order valence-electron chi connectivity index (χ2n) is 6.07. The zero-order valence-electron chi connectivity index (χ0n) is 14.3. The second-order valence-corrected chi connectivity index (χ2v) is 6.07. The normalized spacial score (nSPS) is 20.4. The predicted molar refractivity (Wildman–Crippen MR) is 89.9 cm³/mol. The topological polar surface area (TPSA) is 112 Å². The minimum atomic E-state index is -0.242. The molecule has 2 aromatic rings. The molecule has 0 saturated carbocycles. The minimum absolute atomic E-state index is 0.140. The van der Waals surface area contributed by atoms with Gasteiger partial charge >= 0.3 is 0 Å². The average molecular weight is 346 g/mol. The molecule has 0 unspecified atom stereocenters. The number of ether oxygens (including phenoxy) is 2. The lowest BCUT2D eigenvalue weighted by Crippen LogP contribution is -2.50. The maximum atomic E-state index is 12.4. The number of hydrogen-bond acceptors (Lipinski definition) is 7. The number of nitrogens with one attached hydrogen (secondary N) is 1. The summed E-state index contributed by atoms with van der Waals surface area (Å²) >= 11 is 0. The fraction of sp³-hybridized carbons (Fsp3) is 0.471. The van der Waals surface area contributed by atoms with E-state index in [4.69, 9.17) is 19.7 Å². The highest BCUT2D eigenvalue weighted by Gasteiger charge is 2.29. The van der Waals surface area contributed by atoms with Gasteiger partial charge in [-0.25, -0.2) is 4.98 Å². The van der Waals surface area contributed by atoms with Crippen LogP contribution in [-0.4, -0.2) is 41.4 Å². The van der Waals surface area contributed by atoms with E-state index in [1.54, 1.807) is 12.1 Å². The molecule has 0 spiro atoms. The zero-order chi connectivity index (χ0) is 17.8. The van der Waals surface area contributed by atoms with Crippen LogP contribution in [-0.2, 0) is 16.1 Å². The van der Waals surface area contributed by atoms with Crippen LogP contribution in [0.1, 0.15) is 33.8 Å². The molecule has 3 rings (SSSR count). The van der Waals surface area contributed by atoms with Crippen molar-refractivity contribution in [2.75, 3.05) is 18.9 Å². The molecular formula is C17H22N4O4. The summed E-state index contributed by atoms with van der Waals surface area (Å²) in [6.07, 6.45) is 1.90. The van der Waals surface area contributed by atoms with Crippen LogP contribution in [0.3, 0.4) is 0 Å². The molecule has 8 heteroatoms. The van der Waals surface area contributed by atoms with E-state index in [1.165, 1.54) is 6.20 Å². The van der Waals surface area contributed by atoms with Gasteiger partial charge in [-0.05, 0) is 32.4 Å². The number of anilines is 1. The molecule has 25 heavy (non-hydrogen) atoms. The Bertz CT molecular complexity index is 709. The SMILES string of the molecule is Cc1noc(C)c1CO[C@@H]1COCC[C@H]1NC(=O)c1ccc(N)nc1. The van der Waals surface area contributed by atoms with Crippen LogP contribution >= 0.6 is 0 Å². The van der Waals surface area contributed by atoms with E-state index in [9.17, 15) is 4.79 Å². The summed E-state index contributed by atoms with van der Waals surface area (Å²) in [4.78, 5) is 16.3. The van der Waals surface area contributed by atoms with Crippen molar-refractivity contribution < 1.29 is 18.8 Å². The Kier molecular flexibility index (Phi) is 5.30. The Labute approximate surface area is 145 Å². The molecule has 0 aliphatic carbocycles. The third-order valence-corrected chi connectivity index (χ3v) is 4.29. The van der Waals surface area contributed by atoms with Crippen molar-refractivity contribution in [3.63, 3.8) is 0 Å². The largest absolute Gasteiger partial charge is 0.384 e. The molecule has 1 fully saturated rings. The Morgan fingerprint density at radius 3 is 2.96 bits per heavy atom. The van der Waals surface area contributed by atoms with Gasteiger partial charge < -0.3 is 25.0 Å². The summed E-state index contributed by atoms with van der Waals surface area (Å²) in [7, 11) is 0.